The van der Waals surface area contributed by atoms with Crippen molar-refractivity contribution in [3.8, 4) is 0 Å². The largest absolute Gasteiger partial charge is 0.477 e. The lowest BCUT2D eigenvalue weighted by atomic mass is 10.1. The van der Waals surface area contributed by atoms with Crippen LogP contribution in [0.2, 0.25) is 0 Å². The Hall–Kier alpha value is -2.15. The SMILES string of the molecule is CC(NC(=O)c1nc[nH]c1C(=O)O)c1cccc(Br)c1. The summed E-state index contributed by atoms with van der Waals surface area (Å²) in [5, 5.41) is 11.6. The summed E-state index contributed by atoms with van der Waals surface area (Å²) < 4.78 is 0.905. The molecule has 1 atom stereocenters. The van der Waals surface area contributed by atoms with E-state index in [-0.39, 0.29) is 17.4 Å². The summed E-state index contributed by atoms with van der Waals surface area (Å²) in [7, 11) is 0. The Kier molecular flexibility index (Phi) is 4.19. The highest BCUT2D eigenvalue weighted by molar-refractivity contribution is 9.10. The summed E-state index contributed by atoms with van der Waals surface area (Å²) in [4.78, 5) is 29.1. The van der Waals surface area contributed by atoms with Gasteiger partial charge in [-0.15, -0.1) is 0 Å². The maximum Gasteiger partial charge on any atom is 0.354 e. The van der Waals surface area contributed by atoms with Crippen molar-refractivity contribution < 1.29 is 14.7 Å². The molecule has 1 unspecified atom stereocenters. The van der Waals surface area contributed by atoms with Crippen LogP contribution in [-0.2, 0) is 0 Å². The van der Waals surface area contributed by atoms with Crippen molar-refractivity contribution in [1.82, 2.24) is 15.3 Å². The summed E-state index contributed by atoms with van der Waals surface area (Å²) in [6.45, 7) is 1.81. The summed E-state index contributed by atoms with van der Waals surface area (Å²) in [6, 6.07) is 7.23. The number of carbonyl (C=O) groups excluding carboxylic acids is 1. The van der Waals surface area contributed by atoms with Crippen molar-refractivity contribution in [3.63, 3.8) is 0 Å². The highest BCUT2D eigenvalue weighted by atomic mass is 79.9. The van der Waals surface area contributed by atoms with Crippen LogP contribution in [0.15, 0.2) is 35.1 Å². The van der Waals surface area contributed by atoms with Gasteiger partial charge in [0.05, 0.1) is 12.4 Å². The van der Waals surface area contributed by atoms with Gasteiger partial charge in [-0.1, -0.05) is 28.1 Å². The molecule has 3 N–H and O–H groups in total. The van der Waals surface area contributed by atoms with Gasteiger partial charge in [-0.3, -0.25) is 4.79 Å². The summed E-state index contributed by atoms with van der Waals surface area (Å²) in [6.07, 6.45) is 1.18. The van der Waals surface area contributed by atoms with E-state index in [0.29, 0.717) is 0 Å². The number of carboxylic acids is 1. The highest BCUT2D eigenvalue weighted by Crippen LogP contribution is 2.18. The molecule has 0 aliphatic heterocycles. The molecule has 0 radical (unpaired) electrons. The van der Waals surface area contributed by atoms with E-state index in [2.05, 4.69) is 31.2 Å². The number of rotatable bonds is 4. The van der Waals surface area contributed by atoms with Crippen LogP contribution < -0.4 is 5.32 Å². The maximum absolute atomic E-state index is 12.0. The minimum Gasteiger partial charge on any atom is -0.477 e. The summed E-state index contributed by atoms with van der Waals surface area (Å²) in [5.74, 6) is -1.75. The van der Waals surface area contributed by atoms with Crippen molar-refractivity contribution >= 4 is 27.8 Å². The van der Waals surface area contributed by atoms with E-state index in [1.165, 1.54) is 6.33 Å². The number of aromatic carboxylic acids is 1. The number of hydrogen-bond acceptors (Lipinski definition) is 3. The van der Waals surface area contributed by atoms with Crippen LogP contribution in [0.4, 0.5) is 0 Å². The van der Waals surface area contributed by atoms with Crippen molar-refractivity contribution in [2.45, 2.75) is 13.0 Å². The van der Waals surface area contributed by atoms with Crippen LogP contribution in [0.25, 0.3) is 0 Å². The number of carbonyl (C=O) groups is 2. The molecule has 0 aliphatic carbocycles. The lowest BCUT2D eigenvalue weighted by molar-refractivity contribution is 0.0684. The molecule has 104 valence electrons. The van der Waals surface area contributed by atoms with Gasteiger partial charge in [0.1, 0.15) is 0 Å². The van der Waals surface area contributed by atoms with Crippen molar-refractivity contribution in [1.29, 1.82) is 0 Å². The topological polar surface area (TPSA) is 95.1 Å². The second kappa shape index (κ2) is 5.87. The summed E-state index contributed by atoms with van der Waals surface area (Å²) in [5.41, 5.74) is 0.559. The number of carboxylic acid groups (broad SMARTS) is 1. The van der Waals surface area contributed by atoms with Crippen LogP contribution in [0.1, 0.15) is 39.5 Å². The molecule has 0 fully saturated rings. The molecule has 1 aromatic carbocycles. The van der Waals surface area contributed by atoms with Crippen molar-refractivity contribution in [2.24, 2.45) is 0 Å². The zero-order chi connectivity index (χ0) is 14.7. The molecule has 20 heavy (non-hydrogen) atoms. The first-order valence-corrected chi connectivity index (χ1v) is 6.61. The molecule has 1 aromatic heterocycles. The molecule has 2 aromatic rings. The molecule has 0 saturated carbocycles. The molecule has 1 heterocycles. The molecule has 0 aliphatic rings. The van der Waals surface area contributed by atoms with Gasteiger partial charge in [-0.05, 0) is 24.6 Å². The first-order valence-electron chi connectivity index (χ1n) is 5.82. The van der Waals surface area contributed by atoms with Gasteiger partial charge in [0, 0.05) is 4.47 Å². The number of benzene rings is 1. The number of hydrogen-bond donors (Lipinski definition) is 3. The van der Waals surface area contributed by atoms with Gasteiger partial charge in [0.25, 0.3) is 5.91 Å². The number of nitrogens with zero attached hydrogens (tertiary/aromatic N) is 1. The van der Waals surface area contributed by atoms with E-state index < -0.39 is 11.9 Å². The first-order chi connectivity index (χ1) is 9.49. The number of H-pyrrole nitrogens is 1. The number of nitrogens with one attached hydrogen (secondary N) is 2. The number of halogens is 1. The van der Waals surface area contributed by atoms with Gasteiger partial charge in [-0.25, -0.2) is 9.78 Å². The fraction of sp³-hybridized carbons (Fsp3) is 0.154. The van der Waals surface area contributed by atoms with Crippen molar-refractivity contribution in [2.75, 3.05) is 0 Å². The molecular formula is C13H12BrN3O3. The van der Waals surface area contributed by atoms with Gasteiger partial charge in [0.15, 0.2) is 11.4 Å². The van der Waals surface area contributed by atoms with Crippen LogP contribution in [-0.4, -0.2) is 27.0 Å². The highest BCUT2D eigenvalue weighted by Gasteiger charge is 2.21. The molecule has 7 heteroatoms. The summed E-state index contributed by atoms with van der Waals surface area (Å²) >= 11 is 3.36. The molecule has 2 rings (SSSR count). The molecule has 0 spiro atoms. The Bertz CT molecular complexity index is 654. The lowest BCUT2D eigenvalue weighted by Gasteiger charge is -2.14. The minimum atomic E-state index is -1.22. The van der Waals surface area contributed by atoms with Gasteiger partial charge < -0.3 is 15.4 Å². The zero-order valence-corrected chi connectivity index (χ0v) is 12.1. The van der Waals surface area contributed by atoms with Crippen molar-refractivity contribution in [3.05, 3.63) is 52.0 Å². The second-order valence-electron chi connectivity index (χ2n) is 4.18. The van der Waals surface area contributed by atoms with E-state index in [0.717, 1.165) is 10.0 Å². The average molecular weight is 338 g/mol. The molecule has 0 saturated heterocycles. The predicted molar refractivity (Wildman–Crippen MR) is 75.6 cm³/mol. The molecular weight excluding hydrogens is 326 g/mol. The normalized spacial score (nSPS) is 11.9. The quantitative estimate of drug-likeness (QED) is 0.798. The second-order valence-corrected chi connectivity index (χ2v) is 5.10. The Balaban J connectivity index is 2.15. The third-order valence-corrected chi connectivity index (χ3v) is 3.26. The Labute approximate surface area is 123 Å². The lowest BCUT2D eigenvalue weighted by Crippen LogP contribution is -2.28. The minimum absolute atomic E-state index is 0.126. The molecule has 1 amide bonds. The zero-order valence-electron chi connectivity index (χ0n) is 10.6. The van der Waals surface area contributed by atoms with Crippen LogP contribution in [0.5, 0.6) is 0 Å². The standard InChI is InChI=1S/C13H12BrN3O3/c1-7(8-3-2-4-9(14)5-8)17-12(18)10-11(13(19)20)16-6-15-10/h2-7H,1H3,(H,15,16)(H,17,18)(H,19,20). The van der Waals surface area contributed by atoms with Crippen LogP contribution >= 0.6 is 15.9 Å². The average Bonchev–Trinajstić information content (AvgIpc) is 2.88. The van der Waals surface area contributed by atoms with E-state index in [1.54, 1.807) is 0 Å². The third-order valence-electron chi connectivity index (χ3n) is 2.76. The Morgan fingerprint density at radius 2 is 2.20 bits per heavy atom. The van der Waals surface area contributed by atoms with Gasteiger partial charge >= 0.3 is 5.97 Å². The van der Waals surface area contributed by atoms with E-state index in [1.807, 2.05) is 31.2 Å². The monoisotopic (exact) mass is 337 g/mol. The smallest absolute Gasteiger partial charge is 0.354 e. The van der Waals surface area contributed by atoms with Crippen LogP contribution in [0.3, 0.4) is 0 Å². The third kappa shape index (κ3) is 3.05. The first kappa shape index (κ1) is 14.3. The molecule has 0 bridgehead atoms. The predicted octanol–water partition coefficient (Wildman–Crippen LogP) is 2.36. The Morgan fingerprint density at radius 1 is 1.45 bits per heavy atom. The van der Waals surface area contributed by atoms with E-state index in [9.17, 15) is 9.59 Å². The number of aromatic amines is 1. The van der Waals surface area contributed by atoms with Gasteiger partial charge in [-0.2, -0.15) is 0 Å². The maximum atomic E-state index is 12.0. The van der Waals surface area contributed by atoms with Gasteiger partial charge in [0.2, 0.25) is 0 Å². The fourth-order valence-electron chi connectivity index (χ4n) is 1.75. The fourth-order valence-corrected chi connectivity index (χ4v) is 2.17. The molecule has 6 nitrogen and oxygen atoms in total. The number of amides is 1. The van der Waals surface area contributed by atoms with E-state index in [4.69, 9.17) is 5.11 Å². The van der Waals surface area contributed by atoms with Crippen LogP contribution in [0, 0.1) is 0 Å². The number of imidazole rings is 1. The van der Waals surface area contributed by atoms with E-state index >= 15 is 0 Å². The Morgan fingerprint density at radius 3 is 2.85 bits per heavy atom. The number of aromatic nitrogens is 2.